The van der Waals surface area contributed by atoms with Crippen LogP contribution in [0.25, 0.3) is 0 Å². The fraction of sp³-hybridized carbons (Fsp3) is 0. The Morgan fingerprint density at radius 1 is 1.70 bits per heavy atom. The van der Waals surface area contributed by atoms with Gasteiger partial charge in [0, 0.05) is 5.57 Å². The first-order valence-corrected chi connectivity index (χ1v) is 3.30. The molecule has 1 aliphatic carbocycles. The van der Waals surface area contributed by atoms with E-state index >= 15 is 0 Å². The van der Waals surface area contributed by atoms with Gasteiger partial charge < -0.3 is 0 Å². The molecule has 1 rings (SSSR count). The molecule has 0 N–H and O–H groups in total. The summed E-state index contributed by atoms with van der Waals surface area (Å²) in [5.41, 5.74) is 1.12. The van der Waals surface area contributed by atoms with Gasteiger partial charge in [0.15, 0.2) is 0 Å². The molecule has 0 fully saturated rings. The van der Waals surface area contributed by atoms with Gasteiger partial charge in [-0.3, -0.25) is 0 Å². The largest absolute Gasteiger partial charge is 0.192 e. The van der Waals surface area contributed by atoms with Crippen molar-refractivity contribution >= 4 is 23.2 Å². The van der Waals surface area contributed by atoms with Crippen LogP contribution in [0.4, 0.5) is 0 Å². The zero-order valence-corrected chi connectivity index (χ0v) is 6.50. The molecular formula is C7H3Cl2N. The van der Waals surface area contributed by atoms with Crippen LogP contribution in [-0.2, 0) is 0 Å². The van der Waals surface area contributed by atoms with Crippen molar-refractivity contribution in [3.8, 4) is 6.07 Å². The molecule has 0 aromatic rings. The second-order valence-electron chi connectivity index (χ2n) is 1.73. The highest BCUT2D eigenvalue weighted by Gasteiger charge is 2.30. The van der Waals surface area contributed by atoms with Gasteiger partial charge >= 0.3 is 0 Å². The number of hydrogen-bond acceptors (Lipinski definition) is 1. The van der Waals surface area contributed by atoms with Gasteiger partial charge in [0.2, 0.25) is 0 Å². The van der Waals surface area contributed by atoms with Gasteiger partial charge in [0.1, 0.15) is 6.07 Å². The highest BCUT2D eigenvalue weighted by Crippen LogP contribution is 2.44. The average molecular weight is 172 g/mol. The maximum atomic E-state index is 8.37. The summed E-state index contributed by atoms with van der Waals surface area (Å²) < 4.78 is 0. The Bertz CT molecular complexity index is 291. The lowest BCUT2D eigenvalue weighted by molar-refractivity contribution is 1.52. The van der Waals surface area contributed by atoms with Gasteiger partial charge in [0.25, 0.3) is 0 Å². The van der Waals surface area contributed by atoms with Crippen LogP contribution in [0.15, 0.2) is 33.9 Å². The van der Waals surface area contributed by atoms with Crippen LogP contribution in [0, 0.1) is 11.3 Å². The van der Waals surface area contributed by atoms with Crippen molar-refractivity contribution in [2.24, 2.45) is 0 Å². The normalized spacial score (nSPS) is 20.1. The fourth-order valence-corrected chi connectivity index (χ4v) is 1.12. The molecule has 1 nitrogen and oxygen atoms in total. The Hall–Kier alpha value is -0.710. The lowest BCUT2D eigenvalue weighted by Gasteiger charge is -1.81. The van der Waals surface area contributed by atoms with Crippen molar-refractivity contribution in [3.63, 3.8) is 0 Å². The predicted molar refractivity (Wildman–Crippen MR) is 41.6 cm³/mol. The monoisotopic (exact) mass is 171 g/mol. The highest BCUT2D eigenvalue weighted by molar-refractivity contribution is 6.41. The van der Waals surface area contributed by atoms with E-state index in [1.807, 2.05) is 6.07 Å². The molecule has 0 aromatic carbocycles. The predicted octanol–water partition coefficient (Wildman–Crippen LogP) is 2.70. The van der Waals surface area contributed by atoms with E-state index in [-0.39, 0.29) is 0 Å². The van der Waals surface area contributed by atoms with E-state index in [0.717, 1.165) is 0 Å². The molecule has 0 amide bonds. The van der Waals surface area contributed by atoms with Gasteiger partial charge in [-0.15, -0.1) is 0 Å². The van der Waals surface area contributed by atoms with Crippen LogP contribution >= 0.6 is 23.2 Å². The Morgan fingerprint density at radius 2 is 2.30 bits per heavy atom. The molecule has 0 saturated carbocycles. The lowest BCUT2D eigenvalue weighted by Crippen LogP contribution is -1.63. The van der Waals surface area contributed by atoms with E-state index in [2.05, 4.69) is 6.58 Å². The third-order valence-corrected chi connectivity index (χ3v) is 1.88. The van der Waals surface area contributed by atoms with Crippen LogP contribution < -0.4 is 0 Å². The van der Waals surface area contributed by atoms with Crippen molar-refractivity contribution < 1.29 is 0 Å². The van der Waals surface area contributed by atoms with E-state index in [4.69, 9.17) is 28.5 Å². The van der Waals surface area contributed by atoms with Crippen molar-refractivity contribution in [2.75, 3.05) is 0 Å². The molecule has 0 aromatic heterocycles. The van der Waals surface area contributed by atoms with Gasteiger partial charge in [-0.2, -0.15) is 5.26 Å². The fourth-order valence-electron chi connectivity index (χ4n) is 0.596. The number of hydrogen-bond donors (Lipinski definition) is 0. The lowest BCUT2D eigenvalue weighted by atomic mass is 10.4. The molecule has 0 bridgehead atoms. The van der Waals surface area contributed by atoms with E-state index < -0.39 is 0 Å². The minimum Gasteiger partial charge on any atom is -0.192 e. The van der Waals surface area contributed by atoms with Gasteiger partial charge in [-0.05, 0) is 0 Å². The summed E-state index contributed by atoms with van der Waals surface area (Å²) in [6.45, 7) is 3.44. The first-order chi connectivity index (χ1) is 4.72. The molecule has 0 spiro atoms. The second kappa shape index (κ2) is 2.49. The van der Waals surface area contributed by atoms with Gasteiger partial charge in [-0.1, -0.05) is 35.9 Å². The topological polar surface area (TPSA) is 23.8 Å². The second-order valence-corrected chi connectivity index (χ2v) is 2.51. The van der Waals surface area contributed by atoms with Crippen molar-refractivity contribution in [1.82, 2.24) is 0 Å². The van der Waals surface area contributed by atoms with E-state index in [1.54, 1.807) is 0 Å². The molecule has 50 valence electrons. The number of nitriles is 1. The van der Waals surface area contributed by atoms with E-state index in [9.17, 15) is 0 Å². The van der Waals surface area contributed by atoms with E-state index in [0.29, 0.717) is 21.2 Å². The molecule has 0 unspecified atom stereocenters. The van der Waals surface area contributed by atoms with Crippen LogP contribution in [0.1, 0.15) is 0 Å². The van der Waals surface area contributed by atoms with Crippen molar-refractivity contribution in [3.05, 3.63) is 33.9 Å². The SMILES string of the molecule is C=C/C(Cl)=C1C(Cl)=C\1C#N. The van der Waals surface area contributed by atoms with Crippen molar-refractivity contribution in [2.45, 2.75) is 0 Å². The molecule has 1 aliphatic rings. The molecule has 0 aliphatic heterocycles. The zero-order valence-electron chi connectivity index (χ0n) is 4.99. The maximum Gasteiger partial charge on any atom is 0.101 e. The smallest absolute Gasteiger partial charge is 0.101 e. The minimum atomic E-state index is 0.446. The molecule has 0 atom stereocenters. The summed E-state index contributed by atoms with van der Waals surface area (Å²) in [7, 11) is 0. The molecule has 0 saturated heterocycles. The van der Waals surface area contributed by atoms with Crippen LogP contribution in [-0.4, -0.2) is 0 Å². The summed E-state index contributed by atoms with van der Waals surface area (Å²) in [5, 5.41) is 9.28. The first-order valence-electron chi connectivity index (χ1n) is 2.55. The molecule has 0 heterocycles. The van der Waals surface area contributed by atoms with E-state index in [1.165, 1.54) is 6.08 Å². The van der Waals surface area contributed by atoms with Crippen molar-refractivity contribution in [1.29, 1.82) is 5.26 Å². The number of allylic oxidation sites excluding steroid dienone is 5. The van der Waals surface area contributed by atoms with Crippen LogP contribution in [0.2, 0.25) is 0 Å². The number of nitrogens with zero attached hydrogens (tertiary/aromatic N) is 1. The standard InChI is InChI=1S/C7H3Cl2N/c1-2-5(8)6-4(3-10)7(6)9/h2H,1H2/b6-5+. The third kappa shape index (κ3) is 0.965. The molecule has 3 heteroatoms. The summed E-state index contributed by atoms with van der Waals surface area (Å²) >= 11 is 11.2. The highest BCUT2D eigenvalue weighted by atomic mass is 35.5. The van der Waals surface area contributed by atoms with Crippen LogP contribution in [0.5, 0.6) is 0 Å². The first kappa shape index (κ1) is 7.40. The van der Waals surface area contributed by atoms with Crippen LogP contribution in [0.3, 0.4) is 0 Å². The Kier molecular flexibility index (Phi) is 1.85. The zero-order chi connectivity index (χ0) is 7.72. The average Bonchev–Trinajstić information content (AvgIpc) is 2.59. The molecular weight excluding hydrogens is 169 g/mol. The van der Waals surface area contributed by atoms with Gasteiger partial charge in [0.05, 0.1) is 15.6 Å². The summed E-state index contributed by atoms with van der Waals surface area (Å²) in [5.74, 6) is 0. The minimum absolute atomic E-state index is 0.446. The molecule has 10 heavy (non-hydrogen) atoms. The molecule has 0 radical (unpaired) electrons. The summed E-state index contributed by atoms with van der Waals surface area (Å²) in [6.07, 6.45) is 1.46. The summed E-state index contributed by atoms with van der Waals surface area (Å²) in [6, 6.07) is 1.91. The maximum absolute atomic E-state index is 8.37. The number of rotatable bonds is 1. The van der Waals surface area contributed by atoms with Gasteiger partial charge in [-0.25, -0.2) is 0 Å². The Balaban J connectivity index is 2.92. The summed E-state index contributed by atoms with van der Waals surface area (Å²) in [4.78, 5) is 0. The Labute approximate surface area is 68.9 Å². The Morgan fingerprint density at radius 3 is 2.60 bits per heavy atom. The third-order valence-electron chi connectivity index (χ3n) is 1.16. The quantitative estimate of drug-likeness (QED) is 0.596. The number of halogens is 2.